The molecule has 1 aliphatic carbocycles. The van der Waals surface area contributed by atoms with Crippen LogP contribution in [0.3, 0.4) is 0 Å². The van der Waals surface area contributed by atoms with E-state index in [1.807, 2.05) is 23.9 Å². The van der Waals surface area contributed by atoms with Crippen LogP contribution in [0.1, 0.15) is 36.3 Å². The predicted octanol–water partition coefficient (Wildman–Crippen LogP) is 3.39. The minimum Gasteiger partial charge on any atom is -0.377 e. The molecule has 6 nitrogen and oxygen atoms in total. The number of aryl methyl sites for hydroxylation is 1. The van der Waals surface area contributed by atoms with Gasteiger partial charge in [-0.2, -0.15) is 5.10 Å². The van der Waals surface area contributed by atoms with Crippen LogP contribution < -0.4 is 0 Å². The average molecular weight is 349 g/mol. The van der Waals surface area contributed by atoms with Crippen molar-refractivity contribution in [3.63, 3.8) is 0 Å². The van der Waals surface area contributed by atoms with Gasteiger partial charge < -0.3 is 9.73 Å². The Balaban J connectivity index is 1.82. The molecule has 2 aromatic heterocycles. The number of hydrogen-bond acceptors (Lipinski definition) is 5. The van der Waals surface area contributed by atoms with E-state index in [4.69, 9.17) is 4.74 Å². The number of aromatic nitrogens is 4. The van der Waals surface area contributed by atoms with Crippen LogP contribution in [0.5, 0.6) is 0 Å². The van der Waals surface area contributed by atoms with E-state index < -0.39 is 0 Å². The highest BCUT2D eigenvalue weighted by Gasteiger charge is 2.38. The Bertz CT molecular complexity index is 958. The van der Waals surface area contributed by atoms with Crippen LogP contribution >= 0.6 is 0 Å². The zero-order chi connectivity index (χ0) is 18.1. The molecule has 0 amide bonds. The number of rotatable bonds is 6. The van der Waals surface area contributed by atoms with Gasteiger partial charge in [-0.3, -0.25) is 0 Å². The lowest BCUT2D eigenvalue weighted by molar-refractivity contribution is 0.177. The number of aliphatic imine (C=N–C) groups is 1. The van der Waals surface area contributed by atoms with Crippen molar-refractivity contribution >= 4 is 17.6 Å². The molecule has 2 heterocycles. The molecule has 0 aliphatic heterocycles. The SMILES string of the molecule is C=NCC1(c2ccc3cnn(-c4cc(C)nc(COC)n4)c3c2)CCC1. The third-order valence-corrected chi connectivity index (χ3v) is 5.29. The summed E-state index contributed by atoms with van der Waals surface area (Å²) in [7, 11) is 1.65. The summed E-state index contributed by atoms with van der Waals surface area (Å²) in [5.41, 5.74) is 3.40. The Kier molecular flexibility index (Phi) is 4.28. The van der Waals surface area contributed by atoms with Gasteiger partial charge in [0.05, 0.1) is 11.7 Å². The average Bonchev–Trinajstić information content (AvgIpc) is 3.01. The van der Waals surface area contributed by atoms with Gasteiger partial charge in [0.2, 0.25) is 0 Å². The number of nitrogens with zero attached hydrogens (tertiary/aromatic N) is 5. The van der Waals surface area contributed by atoms with Crippen molar-refractivity contribution in [2.45, 2.75) is 38.2 Å². The molecule has 4 rings (SSSR count). The fourth-order valence-corrected chi connectivity index (χ4v) is 3.80. The maximum Gasteiger partial charge on any atom is 0.158 e. The molecule has 1 aliphatic rings. The lowest BCUT2D eigenvalue weighted by atomic mass is 9.64. The molecule has 0 atom stereocenters. The second-order valence-electron chi connectivity index (χ2n) is 7.06. The van der Waals surface area contributed by atoms with Gasteiger partial charge in [-0.25, -0.2) is 14.6 Å². The Morgan fingerprint density at radius 1 is 1.27 bits per heavy atom. The molecule has 1 saturated carbocycles. The maximum absolute atomic E-state index is 5.18. The maximum atomic E-state index is 5.18. The zero-order valence-electron chi connectivity index (χ0n) is 15.3. The predicted molar refractivity (Wildman–Crippen MR) is 102 cm³/mol. The Hall–Kier alpha value is -2.60. The molecule has 0 unspecified atom stereocenters. The van der Waals surface area contributed by atoms with Gasteiger partial charge in [0, 0.05) is 36.2 Å². The third kappa shape index (κ3) is 2.80. The fourth-order valence-electron chi connectivity index (χ4n) is 3.80. The van der Waals surface area contributed by atoms with Crippen molar-refractivity contribution in [3.05, 3.63) is 47.5 Å². The van der Waals surface area contributed by atoms with Crippen molar-refractivity contribution in [2.75, 3.05) is 13.7 Å². The highest BCUT2D eigenvalue weighted by Crippen LogP contribution is 2.44. The zero-order valence-corrected chi connectivity index (χ0v) is 15.3. The number of fused-ring (bicyclic) bond motifs is 1. The van der Waals surface area contributed by atoms with Crippen molar-refractivity contribution < 1.29 is 4.74 Å². The van der Waals surface area contributed by atoms with E-state index in [-0.39, 0.29) is 5.41 Å². The summed E-state index contributed by atoms with van der Waals surface area (Å²) in [6.45, 7) is 6.83. The molecular formula is C20H23N5O. The molecule has 1 aromatic carbocycles. The van der Waals surface area contributed by atoms with Gasteiger partial charge in [-0.15, -0.1) is 0 Å². The van der Waals surface area contributed by atoms with Crippen molar-refractivity contribution in [3.8, 4) is 5.82 Å². The molecule has 0 saturated heterocycles. The van der Waals surface area contributed by atoms with Crippen molar-refractivity contribution in [1.29, 1.82) is 0 Å². The summed E-state index contributed by atoms with van der Waals surface area (Å²) >= 11 is 0. The highest BCUT2D eigenvalue weighted by atomic mass is 16.5. The number of ether oxygens (including phenoxy) is 1. The minimum absolute atomic E-state index is 0.133. The van der Waals surface area contributed by atoms with Crippen LogP contribution in [-0.2, 0) is 16.8 Å². The van der Waals surface area contributed by atoms with E-state index in [9.17, 15) is 0 Å². The largest absolute Gasteiger partial charge is 0.377 e. The van der Waals surface area contributed by atoms with Crippen molar-refractivity contribution in [2.24, 2.45) is 4.99 Å². The summed E-state index contributed by atoms with van der Waals surface area (Å²) in [6, 6.07) is 8.53. The highest BCUT2D eigenvalue weighted by molar-refractivity contribution is 5.81. The summed E-state index contributed by atoms with van der Waals surface area (Å²) in [5.74, 6) is 1.43. The molecule has 6 heteroatoms. The molecule has 134 valence electrons. The first-order valence-electron chi connectivity index (χ1n) is 8.90. The number of hydrogen-bond donors (Lipinski definition) is 0. The lowest BCUT2D eigenvalue weighted by Crippen LogP contribution is -2.37. The van der Waals surface area contributed by atoms with Crippen LogP contribution in [0.2, 0.25) is 0 Å². The second-order valence-corrected chi connectivity index (χ2v) is 7.06. The van der Waals surface area contributed by atoms with E-state index in [2.05, 4.69) is 45.0 Å². The Morgan fingerprint density at radius 2 is 2.12 bits per heavy atom. The van der Waals surface area contributed by atoms with E-state index in [1.54, 1.807) is 7.11 Å². The van der Waals surface area contributed by atoms with E-state index in [0.29, 0.717) is 12.4 Å². The molecule has 0 spiro atoms. The van der Waals surface area contributed by atoms with Gasteiger partial charge in [0.15, 0.2) is 11.6 Å². The smallest absolute Gasteiger partial charge is 0.158 e. The summed E-state index contributed by atoms with van der Waals surface area (Å²) in [6.07, 6.45) is 5.45. The van der Waals surface area contributed by atoms with Crippen LogP contribution in [0, 0.1) is 6.92 Å². The minimum atomic E-state index is 0.133. The van der Waals surface area contributed by atoms with Crippen LogP contribution in [-0.4, -0.2) is 40.1 Å². The summed E-state index contributed by atoms with van der Waals surface area (Å²) < 4.78 is 7.07. The first-order valence-corrected chi connectivity index (χ1v) is 8.90. The molecule has 3 aromatic rings. The second kappa shape index (κ2) is 6.61. The first kappa shape index (κ1) is 16.8. The van der Waals surface area contributed by atoms with Gasteiger partial charge in [-0.05, 0) is 38.1 Å². The van der Waals surface area contributed by atoms with Crippen LogP contribution in [0.25, 0.3) is 16.7 Å². The summed E-state index contributed by atoms with van der Waals surface area (Å²) in [5, 5.41) is 5.67. The molecule has 0 radical (unpaired) electrons. The van der Waals surface area contributed by atoms with E-state index in [0.717, 1.165) is 41.8 Å². The van der Waals surface area contributed by atoms with Crippen LogP contribution in [0.15, 0.2) is 35.5 Å². The topological polar surface area (TPSA) is 65.2 Å². The molecular weight excluding hydrogens is 326 g/mol. The standard InChI is InChI=1S/C20H23N5O/c1-14-9-19(24-18(23-14)12-26-3)25-17-10-16(6-5-15(17)11-22-25)20(13-21-2)7-4-8-20/h5-6,9-11H,2,4,7-8,12-13H2,1,3H3. The molecule has 0 N–H and O–H groups in total. The number of methoxy groups -OCH3 is 1. The van der Waals surface area contributed by atoms with Gasteiger partial charge in [0.1, 0.15) is 6.61 Å². The third-order valence-electron chi connectivity index (χ3n) is 5.29. The van der Waals surface area contributed by atoms with Gasteiger partial charge >= 0.3 is 0 Å². The lowest BCUT2D eigenvalue weighted by Gasteiger charge is -2.41. The monoisotopic (exact) mass is 349 g/mol. The van der Waals surface area contributed by atoms with Crippen molar-refractivity contribution in [1.82, 2.24) is 19.7 Å². The quantitative estimate of drug-likeness (QED) is 0.640. The van der Waals surface area contributed by atoms with Crippen LogP contribution in [0.4, 0.5) is 0 Å². The first-order chi connectivity index (χ1) is 12.6. The molecule has 0 bridgehead atoms. The van der Waals surface area contributed by atoms with E-state index in [1.165, 1.54) is 12.0 Å². The number of benzene rings is 1. The normalized spacial score (nSPS) is 15.8. The fraction of sp³-hybridized carbons (Fsp3) is 0.400. The Morgan fingerprint density at radius 3 is 2.81 bits per heavy atom. The van der Waals surface area contributed by atoms with Gasteiger partial charge in [-0.1, -0.05) is 18.6 Å². The molecule has 1 fully saturated rings. The van der Waals surface area contributed by atoms with E-state index >= 15 is 0 Å². The van der Waals surface area contributed by atoms with Gasteiger partial charge in [0.25, 0.3) is 0 Å². The summed E-state index contributed by atoms with van der Waals surface area (Å²) in [4.78, 5) is 13.2. The molecule has 26 heavy (non-hydrogen) atoms. The Labute approximate surface area is 153 Å².